The van der Waals surface area contributed by atoms with Crippen molar-refractivity contribution in [3.05, 3.63) is 17.6 Å². The van der Waals surface area contributed by atoms with E-state index in [0.29, 0.717) is 15.6 Å². The van der Waals surface area contributed by atoms with Gasteiger partial charge in [0.2, 0.25) is 6.20 Å². The maximum atomic E-state index is 11.0. The average molecular weight is 206 g/mol. The number of hydrogen-bond acceptors (Lipinski definition) is 6. The largest absolute Gasteiger partial charge is 0.594 e. The predicted molar refractivity (Wildman–Crippen MR) is 58.4 cm³/mol. The number of aromatic nitrogens is 2. The van der Waals surface area contributed by atoms with E-state index in [9.17, 15) is 5.21 Å². The first-order valence-corrected chi connectivity index (χ1v) is 4.13. The monoisotopic (exact) mass is 206 g/mol. The molecule has 1 aromatic carbocycles. The van der Waals surface area contributed by atoms with Gasteiger partial charge >= 0.3 is 0 Å². The van der Waals surface area contributed by atoms with Gasteiger partial charge in [0.1, 0.15) is 6.20 Å². The standard InChI is InChI=1S/C8H10N6O/c9-5-3-1-13-14(15)2-4(3)6(10)8(12)7(5)11/h1-2H,9-12H2. The highest BCUT2D eigenvalue weighted by Crippen LogP contribution is 2.36. The number of benzene rings is 1. The maximum absolute atomic E-state index is 11.0. The molecule has 0 atom stereocenters. The number of anilines is 4. The van der Waals surface area contributed by atoms with E-state index in [1.54, 1.807) is 0 Å². The molecule has 0 saturated heterocycles. The lowest BCUT2D eigenvalue weighted by Crippen LogP contribution is -2.29. The zero-order valence-electron chi connectivity index (χ0n) is 7.77. The first-order chi connectivity index (χ1) is 7.02. The number of nitrogen functional groups attached to an aromatic ring is 4. The lowest BCUT2D eigenvalue weighted by atomic mass is 10.1. The van der Waals surface area contributed by atoms with E-state index in [0.717, 1.165) is 0 Å². The summed E-state index contributed by atoms with van der Waals surface area (Å²) >= 11 is 0. The molecule has 0 spiro atoms. The van der Waals surface area contributed by atoms with E-state index in [-0.39, 0.29) is 22.7 Å². The summed E-state index contributed by atoms with van der Waals surface area (Å²) in [7, 11) is 0. The van der Waals surface area contributed by atoms with Crippen LogP contribution in [-0.2, 0) is 0 Å². The molecule has 2 aromatic rings. The fourth-order valence-corrected chi connectivity index (χ4v) is 1.41. The summed E-state index contributed by atoms with van der Waals surface area (Å²) < 4.78 is 0. The third-order valence-corrected chi connectivity index (χ3v) is 2.28. The Balaban J connectivity index is 3.00. The summed E-state index contributed by atoms with van der Waals surface area (Å²) in [6.07, 6.45) is 2.51. The topological polar surface area (TPSA) is 144 Å². The molecule has 7 nitrogen and oxygen atoms in total. The van der Waals surface area contributed by atoms with Crippen molar-refractivity contribution in [2.75, 3.05) is 22.9 Å². The molecule has 7 heteroatoms. The molecule has 0 aliphatic heterocycles. The molecular formula is C8H10N6O. The summed E-state index contributed by atoms with van der Waals surface area (Å²) in [6, 6.07) is 0. The van der Waals surface area contributed by atoms with Crippen LogP contribution in [0, 0.1) is 5.21 Å². The summed E-state index contributed by atoms with van der Waals surface area (Å²) in [4.78, 5) is 0.383. The third-order valence-electron chi connectivity index (χ3n) is 2.28. The Labute approximate surface area is 84.8 Å². The fraction of sp³-hybridized carbons (Fsp3) is 0. The Bertz CT molecular complexity index is 553. The zero-order chi connectivity index (χ0) is 11.2. The van der Waals surface area contributed by atoms with Crippen LogP contribution in [0.25, 0.3) is 10.8 Å². The second kappa shape index (κ2) is 2.77. The first kappa shape index (κ1) is 9.13. The molecule has 8 N–H and O–H groups in total. The molecule has 15 heavy (non-hydrogen) atoms. The van der Waals surface area contributed by atoms with E-state index in [1.165, 1.54) is 12.4 Å². The van der Waals surface area contributed by atoms with Gasteiger partial charge < -0.3 is 28.1 Å². The van der Waals surface area contributed by atoms with Crippen molar-refractivity contribution >= 4 is 33.5 Å². The van der Waals surface area contributed by atoms with Crippen LogP contribution in [0.4, 0.5) is 22.7 Å². The molecular weight excluding hydrogens is 196 g/mol. The molecule has 0 unspecified atom stereocenters. The second-order valence-corrected chi connectivity index (χ2v) is 3.16. The van der Waals surface area contributed by atoms with Gasteiger partial charge in [0.25, 0.3) is 0 Å². The highest BCUT2D eigenvalue weighted by molar-refractivity contribution is 6.10. The van der Waals surface area contributed by atoms with Gasteiger partial charge in [-0.25, -0.2) is 0 Å². The van der Waals surface area contributed by atoms with E-state index in [2.05, 4.69) is 5.10 Å². The number of fused-ring (bicyclic) bond motifs is 1. The number of nitrogens with two attached hydrogens (primary N) is 4. The van der Waals surface area contributed by atoms with Crippen LogP contribution >= 0.6 is 0 Å². The second-order valence-electron chi connectivity index (χ2n) is 3.16. The van der Waals surface area contributed by atoms with Crippen molar-refractivity contribution in [3.8, 4) is 0 Å². The van der Waals surface area contributed by atoms with Crippen molar-refractivity contribution in [1.29, 1.82) is 0 Å². The normalized spacial score (nSPS) is 10.7. The van der Waals surface area contributed by atoms with Crippen LogP contribution in [0.3, 0.4) is 0 Å². The lowest BCUT2D eigenvalue weighted by molar-refractivity contribution is -0.667. The van der Waals surface area contributed by atoms with Gasteiger partial charge in [0.05, 0.1) is 28.1 Å². The molecule has 2 rings (SSSR count). The summed E-state index contributed by atoms with van der Waals surface area (Å²) in [5.74, 6) is 0. The summed E-state index contributed by atoms with van der Waals surface area (Å²) in [6.45, 7) is 0. The van der Waals surface area contributed by atoms with Gasteiger partial charge in [-0.15, -0.1) is 0 Å². The Morgan fingerprint density at radius 1 is 0.933 bits per heavy atom. The minimum atomic E-state index is 0.186. The third kappa shape index (κ3) is 1.13. The molecule has 78 valence electrons. The Morgan fingerprint density at radius 2 is 1.47 bits per heavy atom. The SMILES string of the molecule is Nc1c(N)c(N)c2c[n+]([O-])ncc2c1N. The predicted octanol–water partition coefficient (Wildman–Crippen LogP) is -0.803. The Kier molecular flexibility index (Phi) is 1.69. The fourth-order valence-electron chi connectivity index (χ4n) is 1.41. The lowest BCUT2D eigenvalue weighted by Gasteiger charge is -2.10. The smallest absolute Gasteiger partial charge is 0.219 e. The molecule has 0 aliphatic rings. The minimum absolute atomic E-state index is 0.186. The molecule has 0 fully saturated rings. The quantitative estimate of drug-likeness (QED) is 0.252. The molecule has 0 amide bonds. The molecule has 0 aliphatic carbocycles. The maximum Gasteiger partial charge on any atom is 0.219 e. The Hall–Kier alpha value is -2.44. The number of rotatable bonds is 0. The van der Waals surface area contributed by atoms with Crippen LogP contribution in [-0.4, -0.2) is 5.10 Å². The molecule has 0 bridgehead atoms. The van der Waals surface area contributed by atoms with Gasteiger partial charge in [0, 0.05) is 10.5 Å². The zero-order valence-corrected chi connectivity index (χ0v) is 7.77. The van der Waals surface area contributed by atoms with Crippen LogP contribution in [0.2, 0.25) is 0 Å². The average Bonchev–Trinajstić information content (AvgIpc) is 2.23. The number of hydrogen-bond donors (Lipinski definition) is 4. The molecule has 1 heterocycles. The summed E-state index contributed by atoms with van der Waals surface area (Å²) in [5, 5.41) is 15.5. The van der Waals surface area contributed by atoms with Crippen LogP contribution in [0.1, 0.15) is 0 Å². The Morgan fingerprint density at radius 3 is 2.07 bits per heavy atom. The van der Waals surface area contributed by atoms with Gasteiger partial charge in [0.15, 0.2) is 0 Å². The number of nitrogens with zero attached hydrogens (tertiary/aromatic N) is 2. The van der Waals surface area contributed by atoms with Gasteiger partial charge in [-0.05, 0) is 0 Å². The first-order valence-electron chi connectivity index (χ1n) is 4.13. The highest BCUT2D eigenvalue weighted by atomic mass is 16.5. The van der Waals surface area contributed by atoms with E-state index >= 15 is 0 Å². The highest BCUT2D eigenvalue weighted by Gasteiger charge is 2.14. The van der Waals surface area contributed by atoms with Crippen LogP contribution in [0.15, 0.2) is 12.4 Å². The molecule has 0 saturated carbocycles. The van der Waals surface area contributed by atoms with E-state index < -0.39 is 0 Å². The minimum Gasteiger partial charge on any atom is -0.594 e. The van der Waals surface area contributed by atoms with E-state index in [4.69, 9.17) is 22.9 Å². The van der Waals surface area contributed by atoms with Crippen LogP contribution in [0.5, 0.6) is 0 Å². The van der Waals surface area contributed by atoms with Crippen molar-refractivity contribution < 1.29 is 4.85 Å². The molecule has 1 aromatic heterocycles. The van der Waals surface area contributed by atoms with Gasteiger partial charge in [-0.2, -0.15) is 0 Å². The van der Waals surface area contributed by atoms with Crippen molar-refractivity contribution in [2.45, 2.75) is 0 Å². The molecule has 0 radical (unpaired) electrons. The van der Waals surface area contributed by atoms with Crippen LogP contribution < -0.4 is 27.8 Å². The van der Waals surface area contributed by atoms with Gasteiger partial charge in [-0.3, -0.25) is 0 Å². The van der Waals surface area contributed by atoms with Crippen molar-refractivity contribution in [2.24, 2.45) is 0 Å². The summed E-state index contributed by atoms with van der Waals surface area (Å²) in [5.41, 5.74) is 23.6. The van der Waals surface area contributed by atoms with Crippen molar-refractivity contribution in [3.63, 3.8) is 0 Å². The van der Waals surface area contributed by atoms with E-state index in [1.807, 2.05) is 0 Å². The van der Waals surface area contributed by atoms with Crippen molar-refractivity contribution in [1.82, 2.24) is 5.10 Å². The van der Waals surface area contributed by atoms with Gasteiger partial charge in [-0.1, -0.05) is 4.85 Å².